The van der Waals surface area contributed by atoms with Crippen LogP contribution in [0.2, 0.25) is 0 Å². The molecule has 3 aromatic carbocycles. The zero-order valence-electron chi connectivity index (χ0n) is 24.3. The average Bonchev–Trinajstić information content (AvgIpc) is 3.42. The molecule has 0 aliphatic carbocycles. The normalized spacial score (nSPS) is 14.5. The molecule has 0 saturated heterocycles. The molecule has 3 amide bonds. The SMILES string of the molecule is CC(O)C(NC(=O)C(N)Cc1ccccc1)C(=O)NC(Cc1ccccc1)C(=O)NC(Cc1c[nH]c2ccccc12)C(=O)O. The lowest BCUT2D eigenvalue weighted by Gasteiger charge is -2.26. The van der Waals surface area contributed by atoms with Crippen molar-refractivity contribution >= 4 is 34.6 Å². The standard InChI is InChI=1S/C33H37N5O6/c1-20(39)29(38-30(40)25(34)16-21-10-4-2-5-11-21)32(42)36-27(17-22-12-6-3-7-13-22)31(41)37-28(33(43)44)18-23-19-35-26-15-9-8-14-24(23)26/h2-15,19-20,25,27-29,35,39H,16-18,34H2,1H3,(H,36,42)(H,37,41)(H,38,40)(H,43,44). The Bertz CT molecular complexity index is 1570. The molecule has 8 N–H and O–H groups in total. The highest BCUT2D eigenvalue weighted by Gasteiger charge is 2.33. The number of aromatic nitrogens is 1. The van der Waals surface area contributed by atoms with E-state index >= 15 is 0 Å². The third-order valence-corrected chi connectivity index (χ3v) is 7.33. The molecule has 4 rings (SSSR count). The predicted octanol–water partition coefficient (Wildman–Crippen LogP) is 1.44. The molecule has 44 heavy (non-hydrogen) atoms. The lowest BCUT2D eigenvalue weighted by atomic mass is 10.0. The van der Waals surface area contributed by atoms with Crippen LogP contribution in [0.15, 0.2) is 91.1 Å². The van der Waals surface area contributed by atoms with Crippen molar-refractivity contribution in [2.24, 2.45) is 5.73 Å². The molecule has 0 aliphatic rings. The van der Waals surface area contributed by atoms with Gasteiger partial charge in [0.2, 0.25) is 17.7 Å². The second-order valence-electron chi connectivity index (χ2n) is 10.7. The van der Waals surface area contributed by atoms with E-state index in [2.05, 4.69) is 20.9 Å². The number of fused-ring (bicyclic) bond motifs is 1. The van der Waals surface area contributed by atoms with Crippen molar-refractivity contribution in [1.82, 2.24) is 20.9 Å². The number of carbonyl (C=O) groups excluding carboxylic acids is 3. The monoisotopic (exact) mass is 599 g/mol. The molecule has 11 heteroatoms. The number of aliphatic carboxylic acids is 1. The van der Waals surface area contributed by atoms with Gasteiger partial charge in [-0.3, -0.25) is 14.4 Å². The maximum absolute atomic E-state index is 13.5. The maximum atomic E-state index is 13.5. The highest BCUT2D eigenvalue weighted by molar-refractivity contribution is 5.95. The van der Waals surface area contributed by atoms with Gasteiger partial charge >= 0.3 is 5.97 Å². The Balaban J connectivity index is 1.49. The summed E-state index contributed by atoms with van der Waals surface area (Å²) < 4.78 is 0. The van der Waals surface area contributed by atoms with Crippen molar-refractivity contribution in [3.05, 3.63) is 108 Å². The van der Waals surface area contributed by atoms with Crippen LogP contribution in [-0.4, -0.2) is 69.2 Å². The molecule has 0 spiro atoms. The summed E-state index contributed by atoms with van der Waals surface area (Å²) in [6, 6.07) is 20.5. The third-order valence-electron chi connectivity index (χ3n) is 7.33. The van der Waals surface area contributed by atoms with Crippen LogP contribution in [0.1, 0.15) is 23.6 Å². The zero-order chi connectivity index (χ0) is 31.6. The fourth-order valence-corrected chi connectivity index (χ4v) is 4.94. The molecule has 4 aromatic rings. The van der Waals surface area contributed by atoms with Gasteiger partial charge in [-0.05, 0) is 36.1 Å². The van der Waals surface area contributed by atoms with E-state index in [0.29, 0.717) is 11.1 Å². The summed E-state index contributed by atoms with van der Waals surface area (Å²) in [6.45, 7) is 1.33. The molecular formula is C33H37N5O6. The highest BCUT2D eigenvalue weighted by Crippen LogP contribution is 2.19. The van der Waals surface area contributed by atoms with Gasteiger partial charge in [-0.25, -0.2) is 4.79 Å². The number of nitrogens with two attached hydrogens (primary N) is 1. The maximum Gasteiger partial charge on any atom is 0.326 e. The summed E-state index contributed by atoms with van der Waals surface area (Å²) in [4.78, 5) is 55.1. The Morgan fingerprint density at radius 2 is 1.30 bits per heavy atom. The summed E-state index contributed by atoms with van der Waals surface area (Å²) in [5.74, 6) is -3.44. The number of rotatable bonds is 14. The topological polar surface area (TPSA) is 187 Å². The van der Waals surface area contributed by atoms with Gasteiger partial charge < -0.3 is 36.9 Å². The van der Waals surface area contributed by atoms with E-state index in [1.807, 2.05) is 54.6 Å². The van der Waals surface area contributed by atoms with Crippen molar-refractivity contribution in [3.8, 4) is 0 Å². The van der Waals surface area contributed by atoms with Gasteiger partial charge in [0, 0.05) is 29.9 Å². The summed E-state index contributed by atoms with van der Waals surface area (Å²) in [7, 11) is 0. The molecule has 5 atom stereocenters. The van der Waals surface area contributed by atoms with Crippen LogP contribution in [0.25, 0.3) is 10.9 Å². The fraction of sp³-hybridized carbons (Fsp3) is 0.273. The van der Waals surface area contributed by atoms with Crippen LogP contribution in [-0.2, 0) is 38.4 Å². The smallest absolute Gasteiger partial charge is 0.326 e. The summed E-state index contributed by atoms with van der Waals surface area (Å²) in [5.41, 5.74) is 9.15. The number of aliphatic hydroxyl groups excluding tert-OH is 1. The number of para-hydroxylation sites is 1. The Labute approximate surface area is 254 Å². The number of carbonyl (C=O) groups is 4. The van der Waals surface area contributed by atoms with Crippen LogP contribution in [0.4, 0.5) is 0 Å². The van der Waals surface area contributed by atoms with E-state index in [4.69, 9.17) is 5.73 Å². The number of hydrogen-bond donors (Lipinski definition) is 7. The molecule has 0 bridgehead atoms. The number of aromatic amines is 1. The second kappa shape index (κ2) is 14.9. The van der Waals surface area contributed by atoms with Crippen molar-refractivity contribution in [2.45, 2.75) is 56.5 Å². The van der Waals surface area contributed by atoms with Crippen molar-refractivity contribution < 1.29 is 29.4 Å². The fourth-order valence-electron chi connectivity index (χ4n) is 4.94. The lowest BCUT2D eigenvalue weighted by Crippen LogP contribution is -2.60. The van der Waals surface area contributed by atoms with E-state index in [1.54, 1.807) is 36.5 Å². The minimum atomic E-state index is -1.42. The van der Waals surface area contributed by atoms with Crippen LogP contribution in [0, 0.1) is 0 Å². The number of carboxylic acids is 1. The Hall–Kier alpha value is -5.00. The summed E-state index contributed by atoms with van der Waals surface area (Å²) in [6.07, 6.45) is 0.632. The third kappa shape index (κ3) is 8.52. The van der Waals surface area contributed by atoms with Crippen molar-refractivity contribution in [1.29, 1.82) is 0 Å². The van der Waals surface area contributed by atoms with Crippen LogP contribution >= 0.6 is 0 Å². The number of hydrogen-bond acceptors (Lipinski definition) is 6. The van der Waals surface area contributed by atoms with E-state index < -0.39 is 54.0 Å². The number of H-pyrrole nitrogens is 1. The van der Waals surface area contributed by atoms with Crippen LogP contribution < -0.4 is 21.7 Å². The first-order valence-corrected chi connectivity index (χ1v) is 14.3. The first-order chi connectivity index (χ1) is 21.1. The Kier molecular flexibility index (Phi) is 10.8. The zero-order valence-corrected chi connectivity index (χ0v) is 24.3. The Morgan fingerprint density at radius 3 is 1.91 bits per heavy atom. The molecule has 1 heterocycles. The summed E-state index contributed by atoms with van der Waals surface area (Å²) >= 11 is 0. The Morgan fingerprint density at radius 1 is 0.727 bits per heavy atom. The van der Waals surface area contributed by atoms with Crippen LogP contribution in [0.5, 0.6) is 0 Å². The largest absolute Gasteiger partial charge is 0.480 e. The van der Waals surface area contributed by atoms with Gasteiger partial charge in [-0.15, -0.1) is 0 Å². The van der Waals surface area contributed by atoms with Gasteiger partial charge in [-0.2, -0.15) is 0 Å². The quantitative estimate of drug-likeness (QED) is 0.114. The van der Waals surface area contributed by atoms with E-state index in [0.717, 1.165) is 16.5 Å². The minimum absolute atomic E-state index is 0.00273. The number of aliphatic hydroxyl groups is 1. The molecule has 230 valence electrons. The molecular weight excluding hydrogens is 562 g/mol. The molecule has 0 radical (unpaired) electrons. The summed E-state index contributed by atoms with van der Waals surface area (Å²) in [5, 5.41) is 28.9. The average molecular weight is 600 g/mol. The molecule has 1 aromatic heterocycles. The number of amides is 3. The van der Waals surface area contributed by atoms with Gasteiger partial charge in [0.25, 0.3) is 0 Å². The molecule has 11 nitrogen and oxygen atoms in total. The molecule has 0 fully saturated rings. The molecule has 5 unspecified atom stereocenters. The highest BCUT2D eigenvalue weighted by atomic mass is 16.4. The lowest BCUT2D eigenvalue weighted by molar-refractivity contribution is -0.142. The van der Waals surface area contributed by atoms with Gasteiger partial charge in [0.05, 0.1) is 12.1 Å². The van der Waals surface area contributed by atoms with Gasteiger partial charge in [0.1, 0.15) is 18.1 Å². The molecule has 0 aliphatic heterocycles. The van der Waals surface area contributed by atoms with Crippen molar-refractivity contribution in [2.75, 3.05) is 0 Å². The van der Waals surface area contributed by atoms with Crippen LogP contribution in [0.3, 0.4) is 0 Å². The van der Waals surface area contributed by atoms with E-state index in [9.17, 15) is 29.4 Å². The van der Waals surface area contributed by atoms with Gasteiger partial charge in [-0.1, -0.05) is 78.9 Å². The second-order valence-corrected chi connectivity index (χ2v) is 10.7. The minimum Gasteiger partial charge on any atom is -0.480 e. The first-order valence-electron chi connectivity index (χ1n) is 14.3. The van der Waals surface area contributed by atoms with Gasteiger partial charge in [0.15, 0.2) is 0 Å². The van der Waals surface area contributed by atoms with E-state index in [1.165, 1.54) is 6.92 Å². The molecule has 0 saturated carbocycles. The number of nitrogens with one attached hydrogen (secondary N) is 4. The first kappa shape index (κ1) is 31.9. The van der Waals surface area contributed by atoms with Crippen molar-refractivity contribution in [3.63, 3.8) is 0 Å². The predicted molar refractivity (Wildman–Crippen MR) is 165 cm³/mol. The van der Waals surface area contributed by atoms with E-state index in [-0.39, 0.29) is 19.3 Å². The number of benzene rings is 3. The number of carboxylic acid groups (broad SMARTS) is 1.